The number of anilines is 1. The van der Waals surface area contributed by atoms with Gasteiger partial charge in [-0.25, -0.2) is 9.67 Å². The van der Waals surface area contributed by atoms with Crippen LogP contribution in [0.3, 0.4) is 0 Å². The molecule has 0 saturated carbocycles. The number of rotatable bonds is 4. The predicted octanol–water partition coefficient (Wildman–Crippen LogP) is 1.46. The molecular formula is C13H18ClN5O. The number of carbonyl (C=O) groups is 1. The van der Waals surface area contributed by atoms with E-state index in [1.165, 1.54) is 0 Å². The molecule has 2 aromatic heterocycles. The van der Waals surface area contributed by atoms with Crippen molar-refractivity contribution in [2.75, 3.05) is 18.9 Å². The third-order valence-corrected chi connectivity index (χ3v) is 2.60. The molecule has 0 spiro atoms. The fourth-order valence-corrected chi connectivity index (χ4v) is 1.81. The molecule has 0 unspecified atom stereocenters. The number of halogens is 1. The molecule has 0 radical (unpaired) electrons. The van der Waals surface area contributed by atoms with Crippen LogP contribution >= 0.6 is 12.4 Å². The molecule has 7 heteroatoms. The molecule has 0 saturated heterocycles. The van der Waals surface area contributed by atoms with Gasteiger partial charge in [-0.05, 0) is 39.1 Å². The summed E-state index contributed by atoms with van der Waals surface area (Å²) in [6, 6.07) is 5.63. The Morgan fingerprint density at radius 3 is 2.60 bits per heavy atom. The lowest BCUT2D eigenvalue weighted by Gasteiger charge is -2.06. The van der Waals surface area contributed by atoms with Gasteiger partial charge in [-0.15, -0.1) is 12.4 Å². The molecule has 1 amide bonds. The summed E-state index contributed by atoms with van der Waals surface area (Å²) >= 11 is 0. The minimum Gasteiger partial charge on any atom is -0.324 e. The first-order valence-electron chi connectivity index (χ1n) is 6.04. The maximum Gasteiger partial charge on any atom is 0.238 e. The lowest BCUT2D eigenvalue weighted by molar-refractivity contribution is -0.115. The van der Waals surface area contributed by atoms with Crippen molar-refractivity contribution < 1.29 is 4.79 Å². The van der Waals surface area contributed by atoms with Gasteiger partial charge in [-0.1, -0.05) is 0 Å². The van der Waals surface area contributed by atoms with Crippen molar-refractivity contribution in [1.29, 1.82) is 0 Å². The average Bonchev–Trinajstić information content (AvgIpc) is 2.70. The topological polar surface area (TPSA) is 71.8 Å². The highest BCUT2D eigenvalue weighted by atomic mass is 35.5. The van der Waals surface area contributed by atoms with E-state index in [1.807, 2.05) is 32.0 Å². The first-order valence-corrected chi connectivity index (χ1v) is 6.04. The van der Waals surface area contributed by atoms with Crippen molar-refractivity contribution >= 4 is 24.0 Å². The van der Waals surface area contributed by atoms with Crippen LogP contribution in [0.1, 0.15) is 11.4 Å². The van der Waals surface area contributed by atoms with Crippen LogP contribution in [0.5, 0.6) is 0 Å². The zero-order valence-electron chi connectivity index (χ0n) is 11.7. The van der Waals surface area contributed by atoms with Crippen LogP contribution in [0.15, 0.2) is 24.4 Å². The largest absolute Gasteiger partial charge is 0.324 e. The van der Waals surface area contributed by atoms with Crippen LogP contribution in [-0.2, 0) is 4.79 Å². The third-order valence-electron chi connectivity index (χ3n) is 2.60. The number of hydrogen-bond acceptors (Lipinski definition) is 4. The third kappa shape index (κ3) is 3.79. The minimum absolute atomic E-state index is 0. The Morgan fingerprint density at radius 1 is 1.35 bits per heavy atom. The second-order valence-corrected chi connectivity index (χ2v) is 4.32. The molecule has 108 valence electrons. The lowest BCUT2D eigenvalue weighted by atomic mass is 10.3. The summed E-state index contributed by atoms with van der Waals surface area (Å²) in [5, 5.41) is 9.89. The molecular weight excluding hydrogens is 278 g/mol. The van der Waals surface area contributed by atoms with Gasteiger partial charge in [-0.2, -0.15) is 5.10 Å². The Morgan fingerprint density at radius 2 is 2.10 bits per heavy atom. The van der Waals surface area contributed by atoms with E-state index in [0.29, 0.717) is 5.69 Å². The predicted molar refractivity (Wildman–Crippen MR) is 80.6 cm³/mol. The maximum absolute atomic E-state index is 11.4. The van der Waals surface area contributed by atoms with Crippen LogP contribution in [0.4, 0.5) is 5.69 Å². The van der Waals surface area contributed by atoms with Crippen molar-refractivity contribution in [3.63, 3.8) is 0 Å². The first-order chi connectivity index (χ1) is 9.10. The monoisotopic (exact) mass is 295 g/mol. The van der Waals surface area contributed by atoms with E-state index in [9.17, 15) is 4.79 Å². The highest BCUT2D eigenvalue weighted by Gasteiger charge is 2.06. The summed E-state index contributed by atoms with van der Waals surface area (Å²) in [4.78, 5) is 15.7. The first kappa shape index (κ1) is 16.1. The minimum atomic E-state index is -0.0943. The summed E-state index contributed by atoms with van der Waals surface area (Å²) in [6.07, 6.45) is 1.62. The zero-order valence-corrected chi connectivity index (χ0v) is 12.5. The van der Waals surface area contributed by atoms with Gasteiger partial charge in [0, 0.05) is 5.69 Å². The maximum atomic E-state index is 11.4. The van der Waals surface area contributed by atoms with E-state index in [4.69, 9.17) is 0 Å². The molecule has 2 heterocycles. The van der Waals surface area contributed by atoms with Gasteiger partial charge in [0.05, 0.1) is 24.1 Å². The number of amides is 1. The average molecular weight is 296 g/mol. The molecule has 0 aliphatic heterocycles. The van der Waals surface area contributed by atoms with E-state index in [1.54, 1.807) is 17.9 Å². The van der Waals surface area contributed by atoms with Gasteiger partial charge >= 0.3 is 0 Å². The van der Waals surface area contributed by atoms with Gasteiger partial charge in [0.1, 0.15) is 0 Å². The second kappa shape index (κ2) is 7.02. The molecule has 20 heavy (non-hydrogen) atoms. The number of nitrogens with zero attached hydrogens (tertiary/aromatic N) is 3. The fraction of sp³-hybridized carbons (Fsp3) is 0.308. The van der Waals surface area contributed by atoms with Gasteiger partial charge in [0.15, 0.2) is 5.82 Å². The van der Waals surface area contributed by atoms with Crippen molar-refractivity contribution in [2.45, 2.75) is 13.8 Å². The molecule has 0 bridgehead atoms. The highest BCUT2D eigenvalue weighted by Crippen LogP contribution is 2.12. The quantitative estimate of drug-likeness (QED) is 0.896. The Hall–Kier alpha value is -1.92. The van der Waals surface area contributed by atoms with E-state index in [2.05, 4.69) is 20.7 Å². The number of likely N-dealkylation sites (N-methyl/N-ethyl adjacent to an activating group) is 1. The van der Waals surface area contributed by atoms with E-state index in [0.717, 1.165) is 17.2 Å². The number of aromatic nitrogens is 3. The lowest BCUT2D eigenvalue weighted by Crippen LogP contribution is -2.25. The molecule has 0 fully saturated rings. The molecule has 6 nitrogen and oxygen atoms in total. The molecule has 0 aromatic carbocycles. The number of aryl methyl sites for hydroxylation is 2. The molecule has 2 N–H and O–H groups in total. The van der Waals surface area contributed by atoms with Gasteiger partial charge < -0.3 is 10.6 Å². The summed E-state index contributed by atoms with van der Waals surface area (Å²) in [5.41, 5.74) is 2.65. The summed E-state index contributed by atoms with van der Waals surface area (Å²) < 4.78 is 1.77. The number of pyridine rings is 1. The van der Waals surface area contributed by atoms with Crippen LogP contribution in [-0.4, -0.2) is 34.3 Å². The van der Waals surface area contributed by atoms with Crippen molar-refractivity contribution in [3.8, 4) is 5.82 Å². The Labute approximate surface area is 124 Å². The second-order valence-electron chi connectivity index (χ2n) is 4.32. The van der Waals surface area contributed by atoms with E-state index in [-0.39, 0.29) is 24.9 Å². The van der Waals surface area contributed by atoms with Crippen molar-refractivity contribution in [1.82, 2.24) is 20.1 Å². The molecule has 0 aliphatic carbocycles. The molecule has 0 atom stereocenters. The zero-order chi connectivity index (χ0) is 13.8. The van der Waals surface area contributed by atoms with E-state index < -0.39 is 0 Å². The summed E-state index contributed by atoms with van der Waals surface area (Å²) in [7, 11) is 1.73. The SMILES string of the molecule is CNCC(=O)Nc1ccc(-n2nc(C)cc2C)nc1.Cl. The van der Waals surface area contributed by atoms with Crippen molar-refractivity contribution in [3.05, 3.63) is 35.8 Å². The van der Waals surface area contributed by atoms with Crippen molar-refractivity contribution in [2.24, 2.45) is 0 Å². The summed E-state index contributed by atoms with van der Waals surface area (Å²) in [5.74, 6) is 0.639. The number of carbonyl (C=O) groups excluding carboxylic acids is 1. The standard InChI is InChI=1S/C13H17N5O.ClH/c1-9-6-10(2)18(17-9)12-5-4-11(7-15-12)16-13(19)8-14-3;/h4-7,14H,8H2,1-3H3,(H,16,19);1H. The molecule has 0 aliphatic rings. The fourth-order valence-electron chi connectivity index (χ4n) is 1.81. The van der Waals surface area contributed by atoms with Crippen LogP contribution < -0.4 is 10.6 Å². The highest BCUT2D eigenvalue weighted by molar-refractivity contribution is 5.92. The van der Waals surface area contributed by atoms with Crippen LogP contribution in [0.2, 0.25) is 0 Å². The summed E-state index contributed by atoms with van der Waals surface area (Å²) in [6.45, 7) is 4.19. The van der Waals surface area contributed by atoms with Crippen LogP contribution in [0, 0.1) is 13.8 Å². The van der Waals surface area contributed by atoms with Gasteiger partial charge in [0.2, 0.25) is 5.91 Å². The smallest absolute Gasteiger partial charge is 0.238 e. The Kier molecular flexibility index (Phi) is 5.66. The Bertz CT molecular complexity index is 579. The van der Waals surface area contributed by atoms with E-state index >= 15 is 0 Å². The Balaban J connectivity index is 0.00000200. The molecule has 2 rings (SSSR count). The number of hydrogen-bond donors (Lipinski definition) is 2. The van der Waals surface area contributed by atoms with Gasteiger partial charge in [0.25, 0.3) is 0 Å². The van der Waals surface area contributed by atoms with Gasteiger partial charge in [-0.3, -0.25) is 4.79 Å². The normalized spacial score (nSPS) is 9.95. The number of nitrogens with one attached hydrogen (secondary N) is 2. The molecule has 2 aromatic rings. The van der Waals surface area contributed by atoms with Crippen LogP contribution in [0.25, 0.3) is 5.82 Å².